The molecular formula is C26H34FN3O5S2. The van der Waals surface area contributed by atoms with E-state index in [1.165, 1.54) is 20.7 Å². The first-order valence-electron chi connectivity index (χ1n) is 12.8. The molecule has 0 spiro atoms. The predicted octanol–water partition coefficient (Wildman–Crippen LogP) is 3.29. The summed E-state index contributed by atoms with van der Waals surface area (Å²) in [5.41, 5.74) is 0.865. The summed E-state index contributed by atoms with van der Waals surface area (Å²) in [7, 11) is -7.44. The van der Waals surface area contributed by atoms with Crippen LogP contribution in [0.25, 0.3) is 0 Å². The molecule has 0 aromatic heterocycles. The lowest BCUT2D eigenvalue weighted by molar-refractivity contribution is -0.121. The summed E-state index contributed by atoms with van der Waals surface area (Å²) in [5, 5.41) is 2.79. The Morgan fingerprint density at radius 3 is 2.08 bits per heavy atom. The van der Waals surface area contributed by atoms with Crippen molar-refractivity contribution in [3.63, 3.8) is 0 Å². The Morgan fingerprint density at radius 2 is 1.46 bits per heavy atom. The Hall–Kier alpha value is -2.34. The number of carbonyl (C=O) groups excluding carboxylic acids is 1. The molecule has 1 saturated carbocycles. The molecule has 202 valence electrons. The van der Waals surface area contributed by atoms with E-state index in [1.807, 2.05) is 0 Å². The fourth-order valence-electron chi connectivity index (χ4n) is 4.97. The third kappa shape index (κ3) is 6.76. The van der Waals surface area contributed by atoms with E-state index in [9.17, 15) is 26.0 Å². The molecule has 1 aliphatic heterocycles. The van der Waals surface area contributed by atoms with Crippen LogP contribution in [-0.4, -0.2) is 63.6 Å². The number of nitrogens with one attached hydrogen (secondary N) is 1. The number of sulfonamides is 2. The van der Waals surface area contributed by atoms with Crippen LogP contribution in [-0.2, 0) is 31.3 Å². The zero-order valence-electron chi connectivity index (χ0n) is 20.8. The summed E-state index contributed by atoms with van der Waals surface area (Å²) in [4.78, 5) is 13.0. The SMILES string of the molecule is O=C(CN(C1CCCCC1)S(=O)(=O)c1ccc(F)cc1)NCCc1ccc(S(=O)(=O)N2CCCC2)cc1. The van der Waals surface area contributed by atoms with Gasteiger partial charge in [0, 0.05) is 25.7 Å². The first-order valence-corrected chi connectivity index (χ1v) is 15.7. The number of carbonyl (C=O) groups is 1. The van der Waals surface area contributed by atoms with Gasteiger partial charge in [-0.25, -0.2) is 21.2 Å². The molecule has 0 atom stereocenters. The molecule has 2 aromatic rings. The molecule has 2 aliphatic rings. The summed E-state index contributed by atoms with van der Waals surface area (Å²) in [6.45, 7) is 1.07. The van der Waals surface area contributed by atoms with Gasteiger partial charge in [0.05, 0.1) is 16.3 Å². The van der Waals surface area contributed by atoms with Crippen LogP contribution in [0.3, 0.4) is 0 Å². The van der Waals surface area contributed by atoms with Crippen molar-refractivity contribution in [3.8, 4) is 0 Å². The van der Waals surface area contributed by atoms with Crippen LogP contribution in [0.4, 0.5) is 4.39 Å². The van der Waals surface area contributed by atoms with Gasteiger partial charge in [-0.05, 0) is 74.1 Å². The van der Waals surface area contributed by atoms with Gasteiger partial charge >= 0.3 is 0 Å². The highest BCUT2D eigenvalue weighted by atomic mass is 32.2. The van der Waals surface area contributed by atoms with Crippen LogP contribution in [0.5, 0.6) is 0 Å². The number of rotatable bonds is 10. The summed E-state index contributed by atoms with van der Waals surface area (Å²) in [5.74, 6) is -0.938. The molecule has 2 fully saturated rings. The number of hydrogen-bond acceptors (Lipinski definition) is 5. The van der Waals surface area contributed by atoms with E-state index in [0.29, 0.717) is 32.4 Å². The highest BCUT2D eigenvalue weighted by molar-refractivity contribution is 7.89. The van der Waals surface area contributed by atoms with Crippen molar-refractivity contribution in [1.82, 2.24) is 13.9 Å². The molecule has 11 heteroatoms. The molecule has 8 nitrogen and oxygen atoms in total. The monoisotopic (exact) mass is 551 g/mol. The smallest absolute Gasteiger partial charge is 0.243 e. The summed E-state index contributed by atoms with van der Waals surface area (Å²) in [6, 6.07) is 11.0. The number of halogens is 1. The molecule has 0 bridgehead atoms. The van der Waals surface area contributed by atoms with Crippen LogP contribution < -0.4 is 5.32 Å². The summed E-state index contributed by atoms with van der Waals surface area (Å²) >= 11 is 0. The highest BCUT2D eigenvalue weighted by Crippen LogP contribution is 2.28. The maximum Gasteiger partial charge on any atom is 0.243 e. The van der Waals surface area contributed by atoms with Crippen LogP contribution in [0.1, 0.15) is 50.5 Å². The first-order chi connectivity index (χ1) is 17.7. The van der Waals surface area contributed by atoms with Crippen LogP contribution in [0.15, 0.2) is 58.3 Å². The molecule has 1 aliphatic carbocycles. The average Bonchev–Trinajstić information content (AvgIpc) is 3.45. The second kappa shape index (κ2) is 12.0. The largest absolute Gasteiger partial charge is 0.355 e. The Kier molecular flexibility index (Phi) is 8.99. The number of amides is 1. The standard InChI is InChI=1S/C26H34FN3O5S2/c27-22-10-14-25(15-11-22)37(34,35)30(23-6-2-1-3-7-23)20-26(31)28-17-16-21-8-12-24(13-9-21)36(32,33)29-18-4-5-19-29/h8-15,23H,1-7,16-20H2,(H,28,31). The van der Waals surface area contributed by atoms with Gasteiger partial charge in [-0.2, -0.15) is 8.61 Å². The molecule has 1 N–H and O–H groups in total. The zero-order chi connectivity index (χ0) is 26.5. The molecule has 2 aromatic carbocycles. The molecule has 4 rings (SSSR count). The lowest BCUT2D eigenvalue weighted by Gasteiger charge is -2.33. The second-order valence-electron chi connectivity index (χ2n) is 9.65. The number of nitrogens with zero attached hydrogens (tertiary/aromatic N) is 2. The molecule has 0 radical (unpaired) electrons. The van der Waals surface area contributed by atoms with E-state index in [0.717, 1.165) is 49.8 Å². The average molecular weight is 552 g/mol. The van der Waals surface area contributed by atoms with Crippen LogP contribution >= 0.6 is 0 Å². The fraction of sp³-hybridized carbons (Fsp3) is 0.500. The second-order valence-corrected chi connectivity index (χ2v) is 13.5. The minimum Gasteiger partial charge on any atom is -0.355 e. The molecule has 1 amide bonds. The van der Waals surface area contributed by atoms with E-state index in [-0.39, 0.29) is 28.9 Å². The molecule has 37 heavy (non-hydrogen) atoms. The lowest BCUT2D eigenvalue weighted by Crippen LogP contribution is -2.47. The summed E-state index contributed by atoms with van der Waals surface area (Å²) < 4.78 is 68.2. The van der Waals surface area contributed by atoms with Crippen molar-refractivity contribution in [3.05, 3.63) is 59.9 Å². The van der Waals surface area contributed by atoms with Crippen LogP contribution in [0.2, 0.25) is 0 Å². The number of benzene rings is 2. The quantitative estimate of drug-likeness (QED) is 0.488. The van der Waals surface area contributed by atoms with Gasteiger partial charge in [0.1, 0.15) is 5.82 Å². The fourth-order valence-corrected chi connectivity index (χ4v) is 8.13. The molecule has 0 unspecified atom stereocenters. The van der Waals surface area contributed by atoms with Gasteiger partial charge in [-0.1, -0.05) is 31.4 Å². The number of hydrogen-bond donors (Lipinski definition) is 1. The van der Waals surface area contributed by atoms with Crippen molar-refractivity contribution in [2.75, 3.05) is 26.2 Å². The topological polar surface area (TPSA) is 104 Å². The highest BCUT2D eigenvalue weighted by Gasteiger charge is 2.34. The van der Waals surface area contributed by atoms with Gasteiger partial charge in [-0.3, -0.25) is 4.79 Å². The maximum absolute atomic E-state index is 13.4. The van der Waals surface area contributed by atoms with Crippen molar-refractivity contribution < 1.29 is 26.0 Å². The predicted molar refractivity (Wildman–Crippen MR) is 138 cm³/mol. The maximum atomic E-state index is 13.4. The lowest BCUT2D eigenvalue weighted by atomic mass is 9.95. The van der Waals surface area contributed by atoms with Crippen molar-refractivity contribution in [2.45, 2.75) is 67.2 Å². The van der Waals surface area contributed by atoms with Crippen molar-refractivity contribution >= 4 is 26.0 Å². The van der Waals surface area contributed by atoms with E-state index >= 15 is 0 Å². The van der Waals surface area contributed by atoms with E-state index in [2.05, 4.69) is 5.32 Å². The molecular weight excluding hydrogens is 517 g/mol. The minimum absolute atomic E-state index is 0.0313. The van der Waals surface area contributed by atoms with Crippen molar-refractivity contribution in [2.24, 2.45) is 0 Å². The summed E-state index contributed by atoms with van der Waals surface area (Å²) in [6.07, 6.45) is 6.41. The van der Waals surface area contributed by atoms with Gasteiger partial charge in [0.15, 0.2) is 0 Å². The zero-order valence-corrected chi connectivity index (χ0v) is 22.4. The normalized spacial score (nSPS) is 17.8. The molecule has 1 saturated heterocycles. The Balaban J connectivity index is 1.36. The van der Waals surface area contributed by atoms with Gasteiger partial charge in [-0.15, -0.1) is 0 Å². The Labute approximate surface area is 219 Å². The minimum atomic E-state index is -3.97. The van der Waals surface area contributed by atoms with Crippen LogP contribution in [0, 0.1) is 5.82 Å². The van der Waals surface area contributed by atoms with Gasteiger partial charge < -0.3 is 5.32 Å². The van der Waals surface area contributed by atoms with E-state index in [4.69, 9.17) is 0 Å². The van der Waals surface area contributed by atoms with E-state index < -0.39 is 31.8 Å². The third-order valence-corrected chi connectivity index (χ3v) is 10.9. The Morgan fingerprint density at radius 1 is 0.865 bits per heavy atom. The van der Waals surface area contributed by atoms with Gasteiger partial charge in [0.25, 0.3) is 0 Å². The van der Waals surface area contributed by atoms with Crippen molar-refractivity contribution in [1.29, 1.82) is 0 Å². The Bertz CT molecular complexity index is 1270. The van der Waals surface area contributed by atoms with Gasteiger partial charge in [0.2, 0.25) is 26.0 Å². The van der Waals surface area contributed by atoms with E-state index in [1.54, 1.807) is 24.3 Å². The first kappa shape index (κ1) is 27.7. The third-order valence-electron chi connectivity index (χ3n) is 7.06. The molecule has 1 heterocycles.